The molecule has 106 valence electrons. The Bertz CT molecular complexity index is 535. The molecule has 2 rings (SSSR count). The average molecular weight is 309 g/mol. The molecule has 1 N–H and O–H groups in total. The lowest BCUT2D eigenvalue weighted by Crippen LogP contribution is -2.26. The summed E-state index contributed by atoms with van der Waals surface area (Å²) >= 11 is 2.98. The first-order valence-corrected chi connectivity index (χ1v) is 8.12. The van der Waals surface area contributed by atoms with E-state index >= 15 is 0 Å². The lowest BCUT2D eigenvalue weighted by atomic mass is 10.2. The minimum absolute atomic E-state index is 0.101. The molecule has 4 nitrogen and oxygen atoms in total. The van der Waals surface area contributed by atoms with Crippen LogP contribution in [0.2, 0.25) is 0 Å². The van der Waals surface area contributed by atoms with Gasteiger partial charge in [-0.05, 0) is 26.0 Å². The zero-order valence-electron chi connectivity index (χ0n) is 11.2. The maximum Gasteiger partial charge on any atom is 0.345 e. The van der Waals surface area contributed by atoms with Gasteiger partial charge in [-0.1, -0.05) is 18.2 Å². The molecule has 1 amide bonds. The molecule has 0 radical (unpaired) electrons. The van der Waals surface area contributed by atoms with E-state index < -0.39 is 11.9 Å². The van der Waals surface area contributed by atoms with Crippen LogP contribution in [0.5, 0.6) is 0 Å². The molecule has 0 aromatic heterocycles. The molecule has 1 heterocycles. The van der Waals surface area contributed by atoms with E-state index in [0.717, 1.165) is 9.32 Å². The highest BCUT2D eigenvalue weighted by atomic mass is 32.3. The first-order chi connectivity index (χ1) is 9.58. The fraction of sp³-hybridized carbons (Fsp3) is 0.286. The molecular weight excluding hydrogens is 294 g/mol. The number of carbonyl (C=O) groups excluding carboxylic acids is 2. The van der Waals surface area contributed by atoms with E-state index in [0.29, 0.717) is 5.69 Å². The highest BCUT2D eigenvalue weighted by molar-refractivity contribution is 8.37. The van der Waals surface area contributed by atoms with Crippen LogP contribution in [0.4, 0.5) is 5.69 Å². The Hall–Kier alpha value is -1.40. The molecule has 0 saturated carbocycles. The van der Waals surface area contributed by atoms with Gasteiger partial charge in [0.15, 0.2) is 0 Å². The molecule has 0 aliphatic carbocycles. The molecule has 0 unspecified atom stereocenters. The van der Waals surface area contributed by atoms with Crippen LogP contribution in [0.15, 0.2) is 40.1 Å². The Morgan fingerprint density at radius 2 is 1.85 bits per heavy atom. The van der Waals surface area contributed by atoms with Crippen molar-refractivity contribution in [1.82, 2.24) is 0 Å². The zero-order chi connectivity index (χ0) is 14.5. The highest BCUT2D eigenvalue weighted by Crippen LogP contribution is 2.45. The smallest absolute Gasteiger partial charge is 0.345 e. The SMILES string of the molecule is CC(C)OC(=O)C(C(=O)Nc1ccccc1)=C1SCS1. The number of ether oxygens (including phenoxy) is 1. The monoisotopic (exact) mass is 309 g/mol. The summed E-state index contributed by atoms with van der Waals surface area (Å²) < 4.78 is 5.87. The third kappa shape index (κ3) is 3.80. The predicted octanol–water partition coefficient (Wildman–Crippen LogP) is 3.23. The summed E-state index contributed by atoms with van der Waals surface area (Å²) in [5.74, 6) is -0.986. The Morgan fingerprint density at radius 3 is 2.35 bits per heavy atom. The number of nitrogens with one attached hydrogen (secondary N) is 1. The molecule has 1 aliphatic heterocycles. The van der Waals surface area contributed by atoms with Gasteiger partial charge in [-0.3, -0.25) is 4.79 Å². The molecule has 20 heavy (non-hydrogen) atoms. The Morgan fingerprint density at radius 1 is 1.20 bits per heavy atom. The average Bonchev–Trinajstić information content (AvgIpc) is 2.33. The molecule has 1 aromatic rings. The predicted molar refractivity (Wildman–Crippen MR) is 83.4 cm³/mol. The normalized spacial score (nSPS) is 13.7. The van der Waals surface area contributed by atoms with Crippen molar-refractivity contribution in [2.45, 2.75) is 20.0 Å². The third-order valence-electron chi connectivity index (χ3n) is 2.39. The van der Waals surface area contributed by atoms with Crippen molar-refractivity contribution >= 4 is 41.1 Å². The summed E-state index contributed by atoms with van der Waals surface area (Å²) in [6.45, 7) is 3.52. The standard InChI is InChI=1S/C14H15NO3S2/c1-9(2)18-13(17)11(14-19-8-20-14)12(16)15-10-6-4-3-5-7-10/h3-7,9H,8H2,1-2H3,(H,15,16). The van der Waals surface area contributed by atoms with Gasteiger partial charge in [0.05, 0.1) is 10.3 Å². The van der Waals surface area contributed by atoms with Gasteiger partial charge >= 0.3 is 5.97 Å². The van der Waals surface area contributed by atoms with Crippen LogP contribution in [0.1, 0.15) is 13.8 Å². The second-order valence-corrected chi connectivity index (χ2v) is 6.94. The lowest BCUT2D eigenvalue weighted by molar-refractivity contribution is -0.143. The van der Waals surface area contributed by atoms with Crippen molar-refractivity contribution in [2.75, 3.05) is 10.4 Å². The van der Waals surface area contributed by atoms with Gasteiger partial charge in [0.1, 0.15) is 5.57 Å². The molecular formula is C14H15NO3S2. The molecule has 0 spiro atoms. The van der Waals surface area contributed by atoms with Crippen LogP contribution in [0.3, 0.4) is 0 Å². The van der Waals surface area contributed by atoms with Gasteiger partial charge < -0.3 is 10.1 Å². The largest absolute Gasteiger partial charge is 0.459 e. The summed E-state index contributed by atoms with van der Waals surface area (Å²) in [5, 5.41) is 3.57. The van der Waals surface area contributed by atoms with Gasteiger partial charge in [-0.15, -0.1) is 23.5 Å². The van der Waals surface area contributed by atoms with Crippen molar-refractivity contribution in [3.63, 3.8) is 0 Å². The van der Waals surface area contributed by atoms with Gasteiger partial charge in [-0.2, -0.15) is 0 Å². The van der Waals surface area contributed by atoms with Gasteiger partial charge in [0.2, 0.25) is 0 Å². The van der Waals surface area contributed by atoms with Crippen LogP contribution in [-0.2, 0) is 14.3 Å². The minimum Gasteiger partial charge on any atom is -0.459 e. The highest BCUT2D eigenvalue weighted by Gasteiger charge is 2.29. The fourth-order valence-corrected chi connectivity index (χ4v) is 3.10. The van der Waals surface area contributed by atoms with Gasteiger partial charge in [0.25, 0.3) is 5.91 Å². The second-order valence-electron chi connectivity index (χ2n) is 4.34. The van der Waals surface area contributed by atoms with Crippen molar-refractivity contribution in [1.29, 1.82) is 0 Å². The number of anilines is 1. The van der Waals surface area contributed by atoms with Crippen molar-refractivity contribution in [3.8, 4) is 0 Å². The van der Waals surface area contributed by atoms with Crippen LogP contribution < -0.4 is 5.32 Å². The topological polar surface area (TPSA) is 55.4 Å². The Balaban J connectivity index is 2.16. The number of carbonyl (C=O) groups is 2. The molecule has 1 saturated heterocycles. The van der Waals surface area contributed by atoms with E-state index in [-0.39, 0.29) is 11.7 Å². The third-order valence-corrected chi connectivity index (χ3v) is 4.97. The van der Waals surface area contributed by atoms with Gasteiger partial charge in [0, 0.05) is 10.8 Å². The van der Waals surface area contributed by atoms with E-state index in [1.54, 1.807) is 26.0 Å². The van der Waals surface area contributed by atoms with Crippen LogP contribution in [-0.4, -0.2) is 23.1 Å². The second kappa shape index (κ2) is 6.85. The Labute approximate surface area is 126 Å². The van der Waals surface area contributed by atoms with E-state index in [9.17, 15) is 9.59 Å². The maximum absolute atomic E-state index is 12.3. The van der Waals surface area contributed by atoms with E-state index in [1.165, 1.54) is 23.5 Å². The first-order valence-electron chi connectivity index (χ1n) is 6.15. The number of esters is 1. The molecule has 0 bridgehead atoms. The zero-order valence-corrected chi connectivity index (χ0v) is 12.8. The maximum atomic E-state index is 12.3. The summed E-state index contributed by atoms with van der Waals surface area (Å²) in [5.41, 5.74) is 0.756. The summed E-state index contributed by atoms with van der Waals surface area (Å²) in [7, 11) is 0. The molecule has 0 atom stereocenters. The van der Waals surface area contributed by atoms with E-state index in [1.807, 2.05) is 18.2 Å². The van der Waals surface area contributed by atoms with Crippen LogP contribution in [0.25, 0.3) is 0 Å². The summed E-state index contributed by atoms with van der Waals surface area (Å²) in [6, 6.07) is 9.05. The van der Waals surface area contributed by atoms with Crippen LogP contribution >= 0.6 is 23.5 Å². The minimum atomic E-state index is -0.567. The van der Waals surface area contributed by atoms with E-state index in [4.69, 9.17) is 4.74 Å². The van der Waals surface area contributed by atoms with Crippen molar-refractivity contribution in [3.05, 3.63) is 40.1 Å². The molecule has 1 aliphatic rings. The number of para-hydroxylation sites is 1. The van der Waals surface area contributed by atoms with Crippen LogP contribution in [0, 0.1) is 0 Å². The van der Waals surface area contributed by atoms with Crippen molar-refractivity contribution in [2.24, 2.45) is 0 Å². The number of hydrogen-bond acceptors (Lipinski definition) is 5. The number of hydrogen-bond donors (Lipinski definition) is 1. The quantitative estimate of drug-likeness (QED) is 0.400. The van der Waals surface area contributed by atoms with Crippen molar-refractivity contribution < 1.29 is 14.3 Å². The lowest BCUT2D eigenvalue weighted by Gasteiger charge is -2.20. The molecule has 1 fully saturated rings. The van der Waals surface area contributed by atoms with Gasteiger partial charge in [-0.25, -0.2) is 4.79 Å². The number of amides is 1. The number of benzene rings is 1. The number of thioether (sulfide) groups is 2. The fourth-order valence-electron chi connectivity index (χ4n) is 1.52. The first kappa shape index (κ1) is 15.0. The Kier molecular flexibility index (Phi) is 5.14. The number of rotatable bonds is 4. The molecule has 6 heteroatoms. The molecule has 1 aromatic carbocycles. The van der Waals surface area contributed by atoms with E-state index in [2.05, 4.69) is 5.32 Å². The summed E-state index contributed by atoms with van der Waals surface area (Å²) in [4.78, 5) is 24.3. The summed E-state index contributed by atoms with van der Waals surface area (Å²) in [6.07, 6.45) is -0.252.